The molecule has 0 fully saturated rings. The van der Waals surface area contributed by atoms with Gasteiger partial charge >= 0.3 is 57.5 Å². The fourth-order valence-electron chi connectivity index (χ4n) is 0. The number of hydrogen-bond acceptors (Lipinski definition) is 4. The first-order valence-electron chi connectivity index (χ1n) is 0.730. The largest absolute Gasteiger partial charge is 3.00 e. The maximum absolute atomic E-state index is 8.55. The maximum atomic E-state index is 8.55. The molecule has 0 aliphatic carbocycles. The molecule has 0 atom stereocenters. The third-order valence-electron chi connectivity index (χ3n) is 0. The van der Waals surface area contributed by atoms with Gasteiger partial charge in [-0.25, -0.2) is 0 Å². The first-order valence-corrected chi connectivity index (χ1v) is 2.19. The van der Waals surface area contributed by atoms with Crippen molar-refractivity contribution in [2.75, 3.05) is 0 Å². The monoisotopic (exact) mass is 202 g/mol. The zero-order chi connectivity index (χ0) is 4.50. The van der Waals surface area contributed by atoms with Crippen molar-refractivity contribution < 1.29 is 36.3 Å². The van der Waals surface area contributed by atoms with Gasteiger partial charge in [-0.15, -0.1) is 0 Å². The summed E-state index contributed by atoms with van der Waals surface area (Å²) in [5, 5.41) is 0. The average molecular weight is 202 g/mol. The van der Waals surface area contributed by atoms with Gasteiger partial charge in [0.1, 0.15) is 0 Å². The van der Waals surface area contributed by atoms with Gasteiger partial charge in [0.15, 0.2) is 0 Å². The van der Waals surface area contributed by atoms with E-state index in [1.165, 1.54) is 0 Å². The SMILES string of the molecule is O=P([O-])([O-])[O-].[Al+3].[Fe+2].[Mg+2]. The van der Waals surface area contributed by atoms with Gasteiger partial charge in [-0.2, -0.15) is 7.82 Å². The number of hydrogen-bond donors (Lipinski definition) is 0. The summed E-state index contributed by atoms with van der Waals surface area (Å²) in [6, 6.07) is 0. The molecule has 0 N–H and O–H groups in total. The molecule has 0 saturated heterocycles. The van der Waals surface area contributed by atoms with Gasteiger partial charge in [-0.05, 0) is 0 Å². The maximum Gasteiger partial charge on any atom is 3.00 e. The van der Waals surface area contributed by atoms with Gasteiger partial charge in [0.25, 0.3) is 0 Å². The van der Waals surface area contributed by atoms with E-state index in [1.54, 1.807) is 0 Å². The zero-order valence-corrected chi connectivity index (χ0v) is 8.29. The van der Waals surface area contributed by atoms with Crippen LogP contribution < -0.4 is 14.7 Å². The fourth-order valence-corrected chi connectivity index (χ4v) is 0. The third-order valence-corrected chi connectivity index (χ3v) is 0. The quantitative estimate of drug-likeness (QED) is 0.300. The Bertz CT molecular complexity index is 62.2. The molecule has 0 heterocycles. The zero-order valence-electron chi connectivity index (χ0n) is 3.72. The van der Waals surface area contributed by atoms with Crippen LogP contribution in [-0.2, 0) is 21.6 Å². The standard InChI is InChI=1S/Al.Fe.Mg.H3O4P/c;;;1-5(2,3)4/h;;;(H3,1,2,3,4)/q+3;2*+2;/p-3. The Balaban J connectivity index is -0.0000000267. The second kappa shape index (κ2) is 8.93. The first-order chi connectivity index (χ1) is 2.00. The summed E-state index contributed by atoms with van der Waals surface area (Å²) in [5.41, 5.74) is 0. The molecule has 0 saturated carbocycles. The van der Waals surface area contributed by atoms with E-state index in [0.717, 1.165) is 0 Å². The molecule has 0 aromatic rings. The van der Waals surface area contributed by atoms with E-state index in [4.69, 9.17) is 19.2 Å². The predicted molar refractivity (Wildman–Crippen MR) is 19.1 cm³/mol. The van der Waals surface area contributed by atoms with Crippen LogP contribution >= 0.6 is 7.82 Å². The van der Waals surface area contributed by atoms with Gasteiger partial charge in [-0.3, -0.25) is 0 Å². The molecule has 0 unspecified atom stereocenters. The summed E-state index contributed by atoms with van der Waals surface area (Å²) in [7, 11) is -5.39. The van der Waals surface area contributed by atoms with Crippen LogP contribution in [0.25, 0.3) is 0 Å². The van der Waals surface area contributed by atoms with Crippen molar-refractivity contribution in [3.8, 4) is 0 Å². The topological polar surface area (TPSA) is 86.2 Å². The summed E-state index contributed by atoms with van der Waals surface area (Å²) in [6.07, 6.45) is 0. The van der Waals surface area contributed by atoms with Crippen molar-refractivity contribution in [1.29, 1.82) is 0 Å². The molecule has 0 radical (unpaired) electrons. The Morgan fingerprint density at radius 2 is 1.12 bits per heavy atom. The second-order valence-corrected chi connectivity index (χ2v) is 1.34. The van der Waals surface area contributed by atoms with Gasteiger partial charge in [-0.1, -0.05) is 0 Å². The van der Waals surface area contributed by atoms with Crippen LogP contribution in [0.5, 0.6) is 0 Å². The molecule has 0 aliphatic heterocycles. The predicted octanol–water partition coefficient (Wildman–Crippen LogP) is -3.59. The molecule has 0 aromatic carbocycles. The van der Waals surface area contributed by atoms with Crippen molar-refractivity contribution in [3.63, 3.8) is 0 Å². The Morgan fingerprint density at radius 1 is 1.12 bits per heavy atom. The van der Waals surface area contributed by atoms with Gasteiger partial charge in [0.2, 0.25) is 0 Å². The molecule has 4 nitrogen and oxygen atoms in total. The van der Waals surface area contributed by atoms with Gasteiger partial charge in [0, 0.05) is 0 Å². The Morgan fingerprint density at radius 3 is 1.12 bits per heavy atom. The number of phosphoric acid groups is 1. The van der Waals surface area contributed by atoms with E-state index in [-0.39, 0.29) is 57.5 Å². The third kappa shape index (κ3) is 102. The minimum Gasteiger partial charge on any atom is -0.822 e. The molecule has 0 bridgehead atoms. The minimum absolute atomic E-state index is 0. The van der Waals surface area contributed by atoms with E-state index in [0.29, 0.717) is 0 Å². The molecule has 0 spiro atoms. The van der Waals surface area contributed by atoms with Crippen LogP contribution in [-0.4, -0.2) is 40.4 Å². The summed E-state index contributed by atoms with van der Waals surface area (Å²) >= 11 is 0. The average Bonchev–Trinajstić information content (AvgIpc) is 0.722. The van der Waals surface area contributed by atoms with E-state index >= 15 is 0 Å². The first kappa shape index (κ1) is 22.5. The van der Waals surface area contributed by atoms with Crippen LogP contribution in [0.1, 0.15) is 0 Å². The molecule has 8 heteroatoms. The van der Waals surface area contributed by atoms with E-state index < -0.39 is 7.82 Å². The fraction of sp³-hybridized carbons (Fsp3) is 0. The molecule has 0 amide bonds. The summed E-state index contributed by atoms with van der Waals surface area (Å²) in [6.45, 7) is 0. The van der Waals surface area contributed by atoms with Crippen LogP contribution in [0.4, 0.5) is 0 Å². The Hall–Kier alpha value is 1.93. The van der Waals surface area contributed by atoms with Gasteiger partial charge in [0.05, 0.1) is 0 Å². The Labute approximate surface area is 84.0 Å². The normalized spacial score (nSPS) is 7.38. The van der Waals surface area contributed by atoms with E-state index in [2.05, 4.69) is 0 Å². The van der Waals surface area contributed by atoms with Crippen LogP contribution in [0.3, 0.4) is 0 Å². The molecule has 38 valence electrons. The molecule has 8 heavy (non-hydrogen) atoms. The Kier molecular flexibility index (Phi) is 25.1. The summed E-state index contributed by atoms with van der Waals surface area (Å²) in [5.74, 6) is 0. The van der Waals surface area contributed by atoms with Crippen LogP contribution in [0.15, 0.2) is 0 Å². The van der Waals surface area contributed by atoms with Crippen molar-refractivity contribution >= 4 is 48.2 Å². The van der Waals surface area contributed by atoms with Crippen LogP contribution in [0.2, 0.25) is 0 Å². The molecular formula is AlFeMgO4P+4. The van der Waals surface area contributed by atoms with Crippen molar-refractivity contribution in [1.82, 2.24) is 0 Å². The van der Waals surface area contributed by atoms with Crippen molar-refractivity contribution in [2.45, 2.75) is 0 Å². The molecular weight excluding hydrogens is 202 g/mol. The molecule has 0 aliphatic rings. The molecule has 0 rings (SSSR count). The van der Waals surface area contributed by atoms with Gasteiger partial charge < -0.3 is 19.2 Å². The smallest absolute Gasteiger partial charge is 0.822 e. The summed E-state index contributed by atoms with van der Waals surface area (Å²) < 4.78 is 8.55. The minimum atomic E-state index is -5.39. The van der Waals surface area contributed by atoms with E-state index in [1.807, 2.05) is 0 Å². The number of rotatable bonds is 0. The summed E-state index contributed by atoms with van der Waals surface area (Å²) in [4.78, 5) is 25.6. The second-order valence-electron chi connectivity index (χ2n) is 0.447. The van der Waals surface area contributed by atoms with E-state index in [9.17, 15) is 0 Å². The molecule has 0 aromatic heterocycles. The van der Waals surface area contributed by atoms with Crippen LogP contribution in [0, 0.1) is 0 Å². The van der Waals surface area contributed by atoms with Crippen molar-refractivity contribution in [3.05, 3.63) is 0 Å². The van der Waals surface area contributed by atoms with Crippen molar-refractivity contribution in [2.24, 2.45) is 0 Å².